The summed E-state index contributed by atoms with van der Waals surface area (Å²) in [7, 11) is 0. The molecule has 1 aromatic carbocycles. The monoisotopic (exact) mass is 248 g/mol. The smallest absolute Gasteiger partial charge is 0.231 e. The largest absolute Gasteiger partial charge is 0.454 e. The third kappa shape index (κ3) is 2.66. The molecule has 18 heavy (non-hydrogen) atoms. The minimum atomic E-state index is 0.139. The maximum absolute atomic E-state index is 12.4. The number of ketones is 1. The first-order valence-electron chi connectivity index (χ1n) is 6.70. The molecule has 0 saturated carbocycles. The van der Waals surface area contributed by atoms with E-state index in [0.29, 0.717) is 5.75 Å². The number of hydrogen-bond acceptors (Lipinski definition) is 3. The van der Waals surface area contributed by atoms with Crippen LogP contribution in [0.3, 0.4) is 0 Å². The van der Waals surface area contributed by atoms with E-state index in [0.717, 1.165) is 37.0 Å². The highest BCUT2D eigenvalue weighted by Gasteiger charge is 2.21. The highest BCUT2D eigenvalue weighted by atomic mass is 16.7. The number of Topliss-reactive ketones (excluding diaryl/α,β-unsaturated/α-hetero) is 1. The van der Waals surface area contributed by atoms with Gasteiger partial charge in [-0.25, -0.2) is 0 Å². The number of rotatable bonds is 6. The zero-order valence-corrected chi connectivity index (χ0v) is 11.1. The van der Waals surface area contributed by atoms with E-state index < -0.39 is 0 Å². The Labute approximate surface area is 108 Å². The zero-order chi connectivity index (χ0) is 13.0. The molecule has 0 aliphatic carbocycles. The van der Waals surface area contributed by atoms with Crippen LogP contribution in [0.15, 0.2) is 18.2 Å². The zero-order valence-electron chi connectivity index (χ0n) is 11.1. The Balaban J connectivity index is 2.16. The molecule has 3 heteroatoms. The van der Waals surface area contributed by atoms with Gasteiger partial charge >= 0.3 is 0 Å². The SMILES string of the molecule is CCCC(CCC)C(=O)c1ccc2c(c1)OCO2. The van der Waals surface area contributed by atoms with Crippen molar-refractivity contribution in [1.82, 2.24) is 0 Å². The lowest BCUT2D eigenvalue weighted by atomic mass is 9.90. The summed E-state index contributed by atoms with van der Waals surface area (Å²) >= 11 is 0. The Morgan fingerprint density at radius 2 is 1.83 bits per heavy atom. The third-order valence-corrected chi connectivity index (χ3v) is 3.30. The van der Waals surface area contributed by atoms with E-state index in [2.05, 4.69) is 13.8 Å². The van der Waals surface area contributed by atoms with E-state index in [1.165, 1.54) is 0 Å². The Bertz CT molecular complexity index is 420. The molecule has 0 aromatic heterocycles. The highest BCUT2D eigenvalue weighted by Crippen LogP contribution is 2.33. The molecule has 98 valence electrons. The van der Waals surface area contributed by atoms with Gasteiger partial charge in [0.1, 0.15) is 0 Å². The van der Waals surface area contributed by atoms with Crippen molar-refractivity contribution in [2.24, 2.45) is 5.92 Å². The van der Waals surface area contributed by atoms with Crippen molar-refractivity contribution in [2.75, 3.05) is 6.79 Å². The summed E-state index contributed by atoms with van der Waals surface area (Å²) in [5.41, 5.74) is 0.742. The molecule has 1 aromatic rings. The maximum atomic E-state index is 12.4. The second kappa shape index (κ2) is 5.89. The Morgan fingerprint density at radius 1 is 1.17 bits per heavy atom. The molecular weight excluding hydrogens is 228 g/mol. The molecule has 3 nitrogen and oxygen atoms in total. The van der Waals surface area contributed by atoms with Crippen LogP contribution < -0.4 is 9.47 Å². The van der Waals surface area contributed by atoms with Crippen LogP contribution in [0.25, 0.3) is 0 Å². The van der Waals surface area contributed by atoms with Gasteiger partial charge < -0.3 is 9.47 Å². The number of ether oxygens (including phenoxy) is 2. The molecule has 0 unspecified atom stereocenters. The summed E-state index contributed by atoms with van der Waals surface area (Å²) in [5.74, 6) is 1.79. The van der Waals surface area contributed by atoms with Crippen LogP contribution in [-0.4, -0.2) is 12.6 Å². The summed E-state index contributed by atoms with van der Waals surface area (Å²) in [6.07, 6.45) is 4.00. The lowest BCUT2D eigenvalue weighted by molar-refractivity contribution is 0.0904. The average molecular weight is 248 g/mol. The van der Waals surface area contributed by atoms with Crippen molar-refractivity contribution in [3.8, 4) is 11.5 Å². The fourth-order valence-corrected chi connectivity index (χ4v) is 2.39. The van der Waals surface area contributed by atoms with Gasteiger partial charge in [-0.1, -0.05) is 26.7 Å². The predicted octanol–water partition coefficient (Wildman–Crippen LogP) is 3.81. The number of fused-ring (bicyclic) bond motifs is 1. The molecule has 0 fully saturated rings. The minimum Gasteiger partial charge on any atom is -0.454 e. The van der Waals surface area contributed by atoms with Gasteiger partial charge in [-0.3, -0.25) is 4.79 Å². The molecule has 0 bridgehead atoms. The van der Waals surface area contributed by atoms with E-state index in [4.69, 9.17) is 9.47 Å². The van der Waals surface area contributed by atoms with Gasteiger partial charge in [0.15, 0.2) is 17.3 Å². The normalized spacial score (nSPS) is 13.1. The predicted molar refractivity (Wildman–Crippen MR) is 70.2 cm³/mol. The highest BCUT2D eigenvalue weighted by molar-refractivity contribution is 5.98. The van der Waals surface area contributed by atoms with Gasteiger partial charge in [0.05, 0.1) is 0 Å². The van der Waals surface area contributed by atoms with Gasteiger partial charge in [-0.05, 0) is 31.0 Å². The third-order valence-electron chi connectivity index (χ3n) is 3.30. The van der Waals surface area contributed by atoms with Crippen molar-refractivity contribution >= 4 is 5.78 Å². The summed E-state index contributed by atoms with van der Waals surface area (Å²) in [6, 6.07) is 5.47. The van der Waals surface area contributed by atoms with Crippen LogP contribution in [0.2, 0.25) is 0 Å². The molecule has 1 aliphatic rings. The first-order valence-corrected chi connectivity index (χ1v) is 6.70. The Kier molecular flexibility index (Phi) is 4.24. The fourth-order valence-electron chi connectivity index (χ4n) is 2.39. The molecule has 0 saturated heterocycles. The van der Waals surface area contributed by atoms with Gasteiger partial charge in [0.2, 0.25) is 6.79 Å². The van der Waals surface area contributed by atoms with Crippen LogP contribution in [0.4, 0.5) is 0 Å². The number of carbonyl (C=O) groups is 1. The van der Waals surface area contributed by atoms with Crippen molar-refractivity contribution in [3.63, 3.8) is 0 Å². The molecule has 1 heterocycles. The standard InChI is InChI=1S/C15H20O3/c1-3-5-11(6-4-2)15(16)12-7-8-13-14(9-12)18-10-17-13/h7-9,11H,3-6,10H2,1-2H3. The van der Waals surface area contributed by atoms with Crippen LogP contribution in [0.5, 0.6) is 11.5 Å². The van der Waals surface area contributed by atoms with E-state index in [1.54, 1.807) is 0 Å². The summed E-state index contributed by atoms with van der Waals surface area (Å²) in [4.78, 5) is 12.4. The Morgan fingerprint density at radius 3 is 2.50 bits per heavy atom. The summed E-state index contributed by atoms with van der Waals surface area (Å²) in [6.45, 7) is 4.49. The lowest BCUT2D eigenvalue weighted by Gasteiger charge is -2.14. The van der Waals surface area contributed by atoms with Crippen molar-refractivity contribution < 1.29 is 14.3 Å². The molecular formula is C15H20O3. The molecule has 2 rings (SSSR count). The average Bonchev–Trinajstić information content (AvgIpc) is 2.84. The van der Waals surface area contributed by atoms with Gasteiger partial charge in [0, 0.05) is 11.5 Å². The minimum absolute atomic E-state index is 0.139. The van der Waals surface area contributed by atoms with Crippen LogP contribution >= 0.6 is 0 Å². The first kappa shape index (κ1) is 12.9. The second-order valence-electron chi connectivity index (χ2n) is 4.71. The van der Waals surface area contributed by atoms with Crippen molar-refractivity contribution in [3.05, 3.63) is 23.8 Å². The molecule has 0 spiro atoms. The Hall–Kier alpha value is -1.51. The number of hydrogen-bond donors (Lipinski definition) is 0. The topological polar surface area (TPSA) is 35.5 Å². The van der Waals surface area contributed by atoms with Crippen molar-refractivity contribution in [1.29, 1.82) is 0 Å². The maximum Gasteiger partial charge on any atom is 0.231 e. The van der Waals surface area contributed by atoms with E-state index in [9.17, 15) is 4.79 Å². The molecule has 1 aliphatic heterocycles. The summed E-state index contributed by atoms with van der Waals surface area (Å²) in [5, 5.41) is 0. The van der Waals surface area contributed by atoms with Gasteiger partial charge in [-0.15, -0.1) is 0 Å². The second-order valence-corrected chi connectivity index (χ2v) is 4.71. The quantitative estimate of drug-likeness (QED) is 0.718. The summed E-state index contributed by atoms with van der Waals surface area (Å²) < 4.78 is 10.6. The van der Waals surface area contributed by atoms with Crippen molar-refractivity contribution in [2.45, 2.75) is 39.5 Å². The van der Waals surface area contributed by atoms with Crippen LogP contribution in [0.1, 0.15) is 49.9 Å². The fraction of sp³-hybridized carbons (Fsp3) is 0.533. The lowest BCUT2D eigenvalue weighted by Crippen LogP contribution is -2.14. The molecule has 0 amide bonds. The molecule has 0 N–H and O–H groups in total. The molecule has 0 atom stereocenters. The van der Waals surface area contributed by atoms with Crippen LogP contribution in [-0.2, 0) is 0 Å². The molecule has 0 radical (unpaired) electrons. The van der Waals surface area contributed by atoms with E-state index in [1.807, 2.05) is 18.2 Å². The van der Waals surface area contributed by atoms with E-state index >= 15 is 0 Å². The van der Waals surface area contributed by atoms with Gasteiger partial charge in [0.25, 0.3) is 0 Å². The van der Waals surface area contributed by atoms with Crippen LogP contribution in [0, 0.1) is 5.92 Å². The first-order chi connectivity index (χ1) is 8.76. The van der Waals surface area contributed by atoms with E-state index in [-0.39, 0.29) is 18.5 Å². The van der Waals surface area contributed by atoms with Gasteiger partial charge in [-0.2, -0.15) is 0 Å². The number of benzene rings is 1. The number of carbonyl (C=O) groups excluding carboxylic acids is 1.